The molecule has 1 fully saturated rings. The molecule has 1 N–H and O–H groups in total. The second-order valence-electron chi connectivity index (χ2n) is 3.98. The van der Waals surface area contributed by atoms with Gasteiger partial charge in [-0.15, -0.1) is 0 Å². The van der Waals surface area contributed by atoms with Crippen LogP contribution in [0.15, 0.2) is 5.11 Å². The first-order chi connectivity index (χ1) is 6.62. The molecule has 0 aromatic rings. The molecule has 0 radical (unpaired) electrons. The predicted octanol–water partition coefficient (Wildman–Crippen LogP) is 2.58. The van der Waals surface area contributed by atoms with E-state index in [9.17, 15) is 4.79 Å². The predicted molar refractivity (Wildman–Crippen MR) is 51.7 cm³/mol. The van der Waals surface area contributed by atoms with Crippen molar-refractivity contribution < 1.29 is 9.90 Å². The molecule has 5 nitrogen and oxygen atoms in total. The van der Waals surface area contributed by atoms with Crippen LogP contribution in [0, 0.1) is 11.3 Å². The first kappa shape index (κ1) is 10.9. The van der Waals surface area contributed by atoms with Crippen molar-refractivity contribution in [2.24, 2.45) is 16.4 Å². The van der Waals surface area contributed by atoms with Crippen LogP contribution >= 0.6 is 0 Å². The maximum Gasteiger partial charge on any atom is 0.306 e. The molecule has 0 bridgehead atoms. The molecule has 1 rings (SSSR count). The third kappa shape index (κ3) is 2.39. The number of hydrogen-bond donors (Lipinski definition) is 1. The van der Waals surface area contributed by atoms with E-state index < -0.39 is 5.97 Å². The summed E-state index contributed by atoms with van der Waals surface area (Å²) in [7, 11) is 0. The maximum atomic E-state index is 10.8. The van der Waals surface area contributed by atoms with Gasteiger partial charge in [0.2, 0.25) is 0 Å². The summed E-state index contributed by atoms with van der Waals surface area (Å²) in [4.78, 5) is 13.5. The summed E-state index contributed by atoms with van der Waals surface area (Å²) in [5.41, 5.74) is 8.07. The number of rotatable bonds is 6. The molecule has 78 valence electrons. The van der Waals surface area contributed by atoms with E-state index in [1.54, 1.807) is 6.92 Å². The maximum absolute atomic E-state index is 10.8. The van der Waals surface area contributed by atoms with Crippen molar-refractivity contribution in [2.75, 3.05) is 6.54 Å². The van der Waals surface area contributed by atoms with E-state index >= 15 is 0 Å². The molecule has 1 saturated carbocycles. The van der Waals surface area contributed by atoms with Gasteiger partial charge in [0.15, 0.2) is 0 Å². The first-order valence-electron chi connectivity index (χ1n) is 4.86. The van der Waals surface area contributed by atoms with Gasteiger partial charge in [-0.25, -0.2) is 0 Å². The van der Waals surface area contributed by atoms with E-state index in [4.69, 9.17) is 10.6 Å². The Morgan fingerprint density at radius 3 is 2.79 bits per heavy atom. The van der Waals surface area contributed by atoms with Crippen LogP contribution in [-0.2, 0) is 4.79 Å². The summed E-state index contributed by atoms with van der Waals surface area (Å²) in [6.45, 7) is 2.24. The van der Waals surface area contributed by atoms with Gasteiger partial charge in [0, 0.05) is 11.5 Å². The molecule has 0 aromatic carbocycles. The Balaban J connectivity index is 2.35. The highest BCUT2D eigenvalue weighted by Gasteiger charge is 2.49. The van der Waals surface area contributed by atoms with Crippen molar-refractivity contribution in [3.8, 4) is 0 Å². The van der Waals surface area contributed by atoms with Crippen LogP contribution in [0.4, 0.5) is 0 Å². The number of aliphatic carboxylic acids is 1. The Hall–Kier alpha value is -1.22. The SMILES string of the molecule is CC(C(=O)O)C1(CCCN=[N+]=[N-])CC1. The average molecular weight is 197 g/mol. The zero-order chi connectivity index (χ0) is 10.6. The number of carboxylic acids is 1. The molecule has 1 unspecified atom stereocenters. The third-order valence-electron chi connectivity index (χ3n) is 3.18. The minimum absolute atomic E-state index is 0.00317. The van der Waals surface area contributed by atoms with Crippen LogP contribution in [-0.4, -0.2) is 17.6 Å². The lowest BCUT2D eigenvalue weighted by Crippen LogP contribution is -2.22. The lowest BCUT2D eigenvalue weighted by molar-refractivity contribution is -0.143. The van der Waals surface area contributed by atoms with E-state index in [0.29, 0.717) is 6.54 Å². The monoisotopic (exact) mass is 197 g/mol. The molecule has 0 aromatic heterocycles. The summed E-state index contributed by atoms with van der Waals surface area (Å²) in [5, 5.41) is 12.3. The van der Waals surface area contributed by atoms with Gasteiger partial charge in [-0.3, -0.25) is 4.79 Å². The Morgan fingerprint density at radius 1 is 1.71 bits per heavy atom. The number of azide groups is 1. The zero-order valence-electron chi connectivity index (χ0n) is 8.31. The van der Waals surface area contributed by atoms with E-state index in [1.165, 1.54) is 0 Å². The fraction of sp³-hybridized carbons (Fsp3) is 0.889. The second kappa shape index (κ2) is 4.33. The van der Waals surface area contributed by atoms with Gasteiger partial charge in [-0.1, -0.05) is 12.0 Å². The van der Waals surface area contributed by atoms with Gasteiger partial charge in [0.1, 0.15) is 0 Å². The lowest BCUT2D eigenvalue weighted by Gasteiger charge is -2.18. The quantitative estimate of drug-likeness (QED) is 0.307. The summed E-state index contributed by atoms with van der Waals surface area (Å²) >= 11 is 0. The Bertz CT molecular complexity index is 267. The highest BCUT2D eigenvalue weighted by Crippen LogP contribution is 2.55. The van der Waals surface area contributed by atoms with Gasteiger partial charge in [0.25, 0.3) is 0 Å². The molecule has 0 spiro atoms. The molecule has 5 heteroatoms. The fourth-order valence-corrected chi connectivity index (χ4v) is 1.87. The number of nitrogens with zero attached hydrogens (tertiary/aromatic N) is 3. The molecule has 0 saturated heterocycles. The molecular formula is C9H15N3O2. The smallest absolute Gasteiger partial charge is 0.306 e. The molecule has 1 aliphatic carbocycles. The van der Waals surface area contributed by atoms with Crippen LogP contribution in [0.3, 0.4) is 0 Å². The molecular weight excluding hydrogens is 182 g/mol. The van der Waals surface area contributed by atoms with Crippen molar-refractivity contribution in [1.29, 1.82) is 0 Å². The minimum Gasteiger partial charge on any atom is -0.481 e. The standard InChI is InChI=1S/C9H15N3O2/c1-7(8(13)14)9(4-5-9)3-2-6-11-12-10/h7H,2-6H2,1H3,(H,13,14). The van der Waals surface area contributed by atoms with Gasteiger partial charge in [0.05, 0.1) is 5.92 Å². The van der Waals surface area contributed by atoms with Gasteiger partial charge < -0.3 is 5.11 Å². The summed E-state index contributed by atoms with van der Waals surface area (Å²) in [6, 6.07) is 0. The molecule has 0 amide bonds. The Kier molecular flexibility index (Phi) is 3.36. The Morgan fingerprint density at radius 2 is 2.36 bits per heavy atom. The Labute approximate surface area is 82.7 Å². The van der Waals surface area contributed by atoms with E-state index in [-0.39, 0.29) is 11.3 Å². The van der Waals surface area contributed by atoms with Gasteiger partial charge in [-0.05, 0) is 36.6 Å². The van der Waals surface area contributed by atoms with Gasteiger partial charge >= 0.3 is 5.97 Å². The van der Waals surface area contributed by atoms with Gasteiger partial charge in [-0.2, -0.15) is 0 Å². The normalized spacial score (nSPS) is 19.5. The van der Waals surface area contributed by atoms with Crippen molar-refractivity contribution in [2.45, 2.75) is 32.6 Å². The summed E-state index contributed by atoms with van der Waals surface area (Å²) in [5.74, 6) is -0.986. The summed E-state index contributed by atoms with van der Waals surface area (Å²) < 4.78 is 0. The van der Waals surface area contributed by atoms with Crippen LogP contribution in [0.2, 0.25) is 0 Å². The third-order valence-corrected chi connectivity index (χ3v) is 3.18. The van der Waals surface area contributed by atoms with Crippen LogP contribution < -0.4 is 0 Å². The van der Waals surface area contributed by atoms with Crippen LogP contribution in [0.25, 0.3) is 10.4 Å². The summed E-state index contributed by atoms with van der Waals surface area (Å²) in [6.07, 6.45) is 3.65. The van der Waals surface area contributed by atoms with E-state index in [0.717, 1.165) is 25.7 Å². The highest BCUT2D eigenvalue weighted by atomic mass is 16.4. The van der Waals surface area contributed by atoms with Crippen molar-refractivity contribution in [3.63, 3.8) is 0 Å². The van der Waals surface area contributed by atoms with E-state index in [2.05, 4.69) is 10.0 Å². The minimum atomic E-state index is -0.716. The highest BCUT2D eigenvalue weighted by molar-refractivity contribution is 5.71. The molecule has 0 aliphatic heterocycles. The van der Waals surface area contributed by atoms with Crippen molar-refractivity contribution in [3.05, 3.63) is 10.4 Å². The van der Waals surface area contributed by atoms with Crippen molar-refractivity contribution in [1.82, 2.24) is 0 Å². The number of carbonyl (C=O) groups is 1. The average Bonchev–Trinajstić information content (AvgIpc) is 2.92. The molecule has 0 heterocycles. The van der Waals surface area contributed by atoms with Crippen molar-refractivity contribution >= 4 is 5.97 Å². The number of hydrogen-bond acceptors (Lipinski definition) is 2. The van der Waals surface area contributed by atoms with E-state index in [1.807, 2.05) is 0 Å². The zero-order valence-corrected chi connectivity index (χ0v) is 8.31. The second-order valence-corrected chi connectivity index (χ2v) is 3.98. The first-order valence-corrected chi connectivity index (χ1v) is 4.86. The fourth-order valence-electron chi connectivity index (χ4n) is 1.87. The molecule has 14 heavy (non-hydrogen) atoms. The lowest BCUT2D eigenvalue weighted by atomic mass is 9.86. The largest absolute Gasteiger partial charge is 0.481 e. The van der Waals surface area contributed by atoms with Crippen LogP contribution in [0.1, 0.15) is 32.6 Å². The topological polar surface area (TPSA) is 86.1 Å². The molecule has 1 aliphatic rings. The number of carboxylic acid groups (broad SMARTS) is 1. The molecule has 1 atom stereocenters. The van der Waals surface area contributed by atoms with Crippen LogP contribution in [0.5, 0.6) is 0 Å².